The van der Waals surface area contributed by atoms with Crippen LogP contribution in [0.25, 0.3) is 0 Å². The van der Waals surface area contributed by atoms with Crippen molar-refractivity contribution in [3.05, 3.63) is 47.0 Å². The molecule has 1 aromatic rings. The number of ether oxygens (including phenoxy) is 1. The number of esters is 1. The molecule has 2 unspecified atom stereocenters. The number of carbonyl (C=O) groups is 1. The maximum absolute atomic E-state index is 13.6. The van der Waals surface area contributed by atoms with E-state index in [-0.39, 0.29) is 12.5 Å². The third kappa shape index (κ3) is 6.55. The van der Waals surface area contributed by atoms with E-state index in [1.807, 2.05) is 19.9 Å². The summed E-state index contributed by atoms with van der Waals surface area (Å²) in [7, 11) is -3.91. The number of nitrogens with one attached hydrogen (secondary N) is 1. The number of benzene rings is 1. The maximum Gasteiger partial charge on any atom is 0.459 e. The second kappa shape index (κ2) is 10.5. The van der Waals surface area contributed by atoms with Gasteiger partial charge in [-0.1, -0.05) is 38.1 Å². The zero-order valence-electron chi connectivity index (χ0n) is 16.4. The molecule has 1 aliphatic rings. The summed E-state index contributed by atoms with van der Waals surface area (Å²) in [6.45, 7) is 5.54. The summed E-state index contributed by atoms with van der Waals surface area (Å²) in [5, 5.41) is 5.71. The molecule has 2 rings (SSSR count). The van der Waals surface area contributed by atoms with Crippen molar-refractivity contribution in [2.45, 2.75) is 52.2 Å². The average Bonchev–Trinajstić information content (AvgIpc) is 2.67. The van der Waals surface area contributed by atoms with Gasteiger partial charge in [-0.2, -0.15) is 5.09 Å². The van der Waals surface area contributed by atoms with Crippen molar-refractivity contribution in [2.75, 3.05) is 6.61 Å². The topological polar surface area (TPSA) is 103 Å². The summed E-state index contributed by atoms with van der Waals surface area (Å²) in [6, 6.07) is 7.75. The highest BCUT2D eigenvalue weighted by Gasteiger charge is 2.38. The molecule has 0 spiro atoms. The van der Waals surface area contributed by atoms with E-state index in [2.05, 4.69) is 10.3 Å². The number of nitroso groups, excluding NO2 is 1. The molecule has 0 aliphatic heterocycles. The molecule has 1 N–H and O–H groups in total. The summed E-state index contributed by atoms with van der Waals surface area (Å²) in [5.74, 6) is -0.368. The van der Waals surface area contributed by atoms with Crippen LogP contribution in [0.2, 0.25) is 0 Å². The van der Waals surface area contributed by atoms with Crippen LogP contribution < -0.4 is 9.61 Å². The third-order valence-electron chi connectivity index (χ3n) is 4.22. The van der Waals surface area contributed by atoms with Gasteiger partial charge < -0.3 is 9.26 Å². The van der Waals surface area contributed by atoms with Crippen molar-refractivity contribution in [1.29, 1.82) is 0 Å². The van der Waals surface area contributed by atoms with E-state index in [1.54, 1.807) is 37.3 Å². The fourth-order valence-electron chi connectivity index (χ4n) is 2.75. The van der Waals surface area contributed by atoms with Gasteiger partial charge >= 0.3 is 13.7 Å². The van der Waals surface area contributed by atoms with Crippen LogP contribution >= 0.6 is 7.75 Å². The van der Waals surface area contributed by atoms with Gasteiger partial charge in [-0.15, -0.1) is 4.91 Å². The largest absolute Gasteiger partial charge is 0.465 e. The molecule has 9 heteroatoms. The molecule has 154 valence electrons. The van der Waals surface area contributed by atoms with Gasteiger partial charge in [-0.3, -0.25) is 9.32 Å². The van der Waals surface area contributed by atoms with Gasteiger partial charge in [0.05, 0.1) is 18.4 Å². The van der Waals surface area contributed by atoms with E-state index in [0.29, 0.717) is 30.7 Å². The number of carbonyl (C=O) groups excluding carboxylic acids is 1. The van der Waals surface area contributed by atoms with Crippen molar-refractivity contribution in [2.24, 2.45) is 11.1 Å². The summed E-state index contributed by atoms with van der Waals surface area (Å²) in [6.07, 6.45) is 2.54. The Hall–Kier alpha value is -2.02. The Balaban J connectivity index is 2.22. The van der Waals surface area contributed by atoms with E-state index in [1.165, 1.54) is 0 Å². The lowest BCUT2D eigenvalue weighted by Gasteiger charge is -2.30. The van der Waals surface area contributed by atoms with Crippen molar-refractivity contribution in [3.63, 3.8) is 0 Å². The lowest BCUT2D eigenvalue weighted by molar-refractivity contribution is -0.146. The summed E-state index contributed by atoms with van der Waals surface area (Å²) >= 11 is 0. The van der Waals surface area contributed by atoms with E-state index in [4.69, 9.17) is 13.8 Å². The SMILES string of the molecule is CCOC(=O)[C@@H](NP(=O)(Oc1ccccc1)OC1CC=C(N=O)CC1)C(C)C. The molecule has 0 aromatic heterocycles. The second-order valence-corrected chi connectivity index (χ2v) is 8.44. The second-order valence-electron chi connectivity index (χ2n) is 6.79. The number of rotatable bonds is 10. The predicted octanol–water partition coefficient (Wildman–Crippen LogP) is 4.57. The first-order valence-corrected chi connectivity index (χ1v) is 10.9. The minimum absolute atomic E-state index is 0.201. The molecule has 0 saturated carbocycles. The third-order valence-corrected chi connectivity index (χ3v) is 5.84. The molecule has 0 saturated heterocycles. The monoisotopic (exact) mass is 410 g/mol. The number of para-hydroxylation sites is 1. The molecule has 1 aliphatic carbocycles. The van der Waals surface area contributed by atoms with Gasteiger partial charge in [0.2, 0.25) is 0 Å². The van der Waals surface area contributed by atoms with Crippen molar-refractivity contribution < 1.29 is 23.1 Å². The van der Waals surface area contributed by atoms with Crippen LogP contribution in [0.3, 0.4) is 0 Å². The van der Waals surface area contributed by atoms with Crippen LogP contribution in [0.4, 0.5) is 0 Å². The summed E-state index contributed by atoms with van der Waals surface area (Å²) in [4.78, 5) is 23.0. The van der Waals surface area contributed by atoms with Gasteiger partial charge in [0.1, 0.15) is 11.8 Å². The Bertz CT molecular complexity index is 737. The Labute approximate surface area is 165 Å². The molecule has 8 nitrogen and oxygen atoms in total. The number of nitrogens with zero attached hydrogens (tertiary/aromatic N) is 1. The molecule has 0 amide bonds. The Morgan fingerprint density at radius 1 is 1.32 bits per heavy atom. The highest BCUT2D eigenvalue weighted by atomic mass is 31.2. The first kappa shape index (κ1) is 22.3. The minimum Gasteiger partial charge on any atom is -0.465 e. The van der Waals surface area contributed by atoms with Gasteiger partial charge in [0.25, 0.3) is 0 Å². The molecule has 0 heterocycles. The number of hydrogen-bond donors (Lipinski definition) is 1. The molecular formula is C19H27N2O6P. The Morgan fingerprint density at radius 3 is 2.57 bits per heavy atom. The molecule has 0 radical (unpaired) electrons. The highest BCUT2D eigenvalue weighted by Crippen LogP contribution is 2.48. The number of hydrogen-bond acceptors (Lipinski definition) is 7. The molecule has 3 atom stereocenters. The van der Waals surface area contributed by atoms with Crippen LogP contribution in [-0.4, -0.2) is 24.7 Å². The van der Waals surface area contributed by atoms with E-state index >= 15 is 0 Å². The van der Waals surface area contributed by atoms with Crippen LogP contribution in [0.15, 0.2) is 47.3 Å². The van der Waals surface area contributed by atoms with E-state index < -0.39 is 25.9 Å². The summed E-state index contributed by atoms with van der Waals surface area (Å²) < 4.78 is 30.1. The Kier molecular flexibility index (Phi) is 8.35. The molecule has 0 bridgehead atoms. The quantitative estimate of drug-likeness (QED) is 0.342. The van der Waals surface area contributed by atoms with E-state index in [9.17, 15) is 14.3 Å². The lowest BCUT2D eigenvalue weighted by atomic mass is 10.0. The van der Waals surface area contributed by atoms with Crippen molar-refractivity contribution in [3.8, 4) is 5.75 Å². The van der Waals surface area contributed by atoms with Crippen molar-refractivity contribution in [1.82, 2.24) is 5.09 Å². The van der Waals surface area contributed by atoms with Gasteiger partial charge in [-0.05, 0) is 49.4 Å². The van der Waals surface area contributed by atoms with Crippen LogP contribution in [-0.2, 0) is 18.6 Å². The van der Waals surface area contributed by atoms with Crippen LogP contribution in [0, 0.1) is 10.8 Å². The Morgan fingerprint density at radius 2 is 2.04 bits per heavy atom. The van der Waals surface area contributed by atoms with E-state index in [0.717, 1.165) is 0 Å². The average molecular weight is 410 g/mol. The molecule has 0 fully saturated rings. The van der Waals surface area contributed by atoms with Crippen LogP contribution in [0.5, 0.6) is 5.75 Å². The zero-order valence-corrected chi connectivity index (χ0v) is 17.3. The number of allylic oxidation sites excluding steroid dienone is 1. The van der Waals surface area contributed by atoms with Crippen molar-refractivity contribution >= 4 is 13.7 Å². The smallest absolute Gasteiger partial charge is 0.459 e. The zero-order chi connectivity index (χ0) is 20.6. The first-order valence-electron chi connectivity index (χ1n) is 9.36. The maximum atomic E-state index is 13.6. The van der Waals surface area contributed by atoms with Gasteiger partial charge in [0, 0.05) is 0 Å². The molecule has 28 heavy (non-hydrogen) atoms. The molecular weight excluding hydrogens is 383 g/mol. The highest BCUT2D eigenvalue weighted by molar-refractivity contribution is 7.52. The molecule has 1 aromatic carbocycles. The van der Waals surface area contributed by atoms with Gasteiger partial charge in [0.15, 0.2) is 0 Å². The summed E-state index contributed by atoms with van der Waals surface area (Å²) in [5.41, 5.74) is 0.457. The van der Waals surface area contributed by atoms with Gasteiger partial charge in [-0.25, -0.2) is 4.57 Å². The first-order chi connectivity index (χ1) is 13.4. The van der Waals surface area contributed by atoms with Crippen LogP contribution in [0.1, 0.15) is 40.0 Å². The lowest BCUT2D eigenvalue weighted by Crippen LogP contribution is -2.42. The standard InChI is InChI=1S/C19H27N2O6P/c1-4-25-19(22)18(14(2)3)21-28(24,26-16-8-6-5-7-9-16)27-17-12-10-15(20-23)11-13-17/h5-10,14,17-18H,4,11-13H2,1-3H3,(H,21,24)/t17?,18-,28?/m0/s1. The normalized spacial score (nSPS) is 20.0. The fraction of sp³-hybridized carbons (Fsp3) is 0.526. The minimum atomic E-state index is -3.91. The predicted molar refractivity (Wildman–Crippen MR) is 106 cm³/mol. The fourth-order valence-corrected chi connectivity index (χ4v) is 4.63.